The highest BCUT2D eigenvalue weighted by atomic mass is 16.5. The Labute approximate surface area is 154 Å². The van der Waals surface area contributed by atoms with Gasteiger partial charge in [0, 0.05) is 5.69 Å². The Morgan fingerprint density at radius 3 is 2.48 bits per heavy atom. The minimum Gasteiger partial charge on any atom is -0.484 e. The molecular formula is C19H15N3O5. The van der Waals surface area contributed by atoms with E-state index in [1.165, 1.54) is 30.3 Å². The highest BCUT2D eigenvalue weighted by Crippen LogP contribution is 2.16. The van der Waals surface area contributed by atoms with Crippen molar-refractivity contribution in [2.75, 3.05) is 11.9 Å². The van der Waals surface area contributed by atoms with Gasteiger partial charge in [-0.3, -0.25) is 9.59 Å². The van der Waals surface area contributed by atoms with Gasteiger partial charge < -0.3 is 20.9 Å². The molecule has 0 saturated carbocycles. The lowest BCUT2D eigenvalue weighted by Gasteiger charge is -2.06. The predicted octanol–water partition coefficient (Wildman–Crippen LogP) is 1.79. The Bertz CT molecular complexity index is 943. The zero-order valence-electron chi connectivity index (χ0n) is 14.0. The molecule has 0 saturated heterocycles. The number of ether oxygens (including phenoxy) is 1. The number of hydrogen-bond donors (Lipinski definition) is 3. The lowest BCUT2D eigenvalue weighted by molar-refractivity contribution is -0.120. The summed E-state index contributed by atoms with van der Waals surface area (Å²) in [7, 11) is 0. The van der Waals surface area contributed by atoms with Crippen LogP contribution in [-0.2, 0) is 9.59 Å². The number of hydrogen-bond acceptors (Lipinski definition) is 5. The third-order valence-electron chi connectivity index (χ3n) is 3.30. The van der Waals surface area contributed by atoms with Crippen molar-refractivity contribution in [3.05, 3.63) is 65.2 Å². The molecular weight excluding hydrogens is 350 g/mol. The maximum atomic E-state index is 12.2. The van der Waals surface area contributed by atoms with E-state index < -0.39 is 17.8 Å². The summed E-state index contributed by atoms with van der Waals surface area (Å²) < 4.78 is 5.12. The smallest absolute Gasteiger partial charge is 0.335 e. The van der Waals surface area contributed by atoms with Gasteiger partial charge in [-0.1, -0.05) is 18.2 Å². The van der Waals surface area contributed by atoms with Crippen molar-refractivity contribution in [2.24, 2.45) is 5.73 Å². The fourth-order valence-electron chi connectivity index (χ4n) is 2.06. The summed E-state index contributed by atoms with van der Waals surface area (Å²) in [5, 5.41) is 20.7. The van der Waals surface area contributed by atoms with Crippen molar-refractivity contribution < 1.29 is 24.2 Å². The van der Waals surface area contributed by atoms with Crippen LogP contribution < -0.4 is 15.8 Å². The van der Waals surface area contributed by atoms with Crippen LogP contribution in [0, 0.1) is 11.3 Å². The highest BCUT2D eigenvalue weighted by Gasteiger charge is 2.11. The second kappa shape index (κ2) is 8.82. The van der Waals surface area contributed by atoms with E-state index in [2.05, 4.69) is 5.32 Å². The SMILES string of the molecule is N#C/C(=C/c1ccc(OCC(N)=O)cc1)C(=O)Nc1cccc(C(=O)O)c1. The van der Waals surface area contributed by atoms with E-state index in [0.717, 1.165) is 0 Å². The largest absolute Gasteiger partial charge is 0.484 e. The lowest BCUT2D eigenvalue weighted by atomic mass is 10.1. The summed E-state index contributed by atoms with van der Waals surface area (Å²) in [6.07, 6.45) is 1.37. The fourth-order valence-corrected chi connectivity index (χ4v) is 2.06. The van der Waals surface area contributed by atoms with Gasteiger partial charge >= 0.3 is 5.97 Å². The molecule has 8 heteroatoms. The normalized spacial score (nSPS) is 10.6. The number of nitrogens with two attached hydrogens (primary N) is 1. The number of aromatic carboxylic acids is 1. The molecule has 0 aliphatic heterocycles. The number of nitriles is 1. The zero-order chi connectivity index (χ0) is 19.8. The van der Waals surface area contributed by atoms with Gasteiger partial charge in [0.15, 0.2) is 6.61 Å². The van der Waals surface area contributed by atoms with Crippen molar-refractivity contribution in [3.63, 3.8) is 0 Å². The molecule has 2 amide bonds. The Hall–Kier alpha value is -4.12. The number of amides is 2. The fraction of sp³-hybridized carbons (Fsp3) is 0.0526. The molecule has 0 aliphatic rings. The standard InChI is InChI=1S/C19H15N3O5/c20-10-14(8-12-4-6-16(7-5-12)27-11-17(21)23)18(24)22-15-3-1-2-13(9-15)19(25)26/h1-9H,11H2,(H2,21,23)(H,22,24)(H,25,26)/b14-8-. The van der Waals surface area contributed by atoms with E-state index in [9.17, 15) is 19.6 Å². The molecule has 0 unspecified atom stereocenters. The first-order chi connectivity index (χ1) is 12.9. The van der Waals surface area contributed by atoms with Gasteiger partial charge in [-0.05, 0) is 42.0 Å². The Morgan fingerprint density at radius 1 is 1.19 bits per heavy atom. The topological polar surface area (TPSA) is 143 Å². The zero-order valence-corrected chi connectivity index (χ0v) is 14.0. The van der Waals surface area contributed by atoms with Crippen molar-refractivity contribution in [2.45, 2.75) is 0 Å². The molecule has 2 rings (SSSR count). The number of carbonyl (C=O) groups excluding carboxylic acids is 2. The molecule has 8 nitrogen and oxygen atoms in total. The van der Waals surface area contributed by atoms with Crippen LogP contribution in [0.5, 0.6) is 5.75 Å². The van der Waals surface area contributed by atoms with Crippen LogP contribution in [0.4, 0.5) is 5.69 Å². The molecule has 0 aromatic heterocycles. The van der Waals surface area contributed by atoms with Crippen LogP contribution in [-0.4, -0.2) is 29.5 Å². The first-order valence-corrected chi connectivity index (χ1v) is 7.66. The summed E-state index contributed by atoms with van der Waals surface area (Å²) in [5.74, 6) is -1.98. The number of carboxylic acids is 1. The van der Waals surface area contributed by atoms with Gasteiger partial charge in [-0.2, -0.15) is 5.26 Å². The molecule has 136 valence electrons. The molecule has 0 heterocycles. The molecule has 4 N–H and O–H groups in total. The molecule has 0 bridgehead atoms. The molecule has 0 fully saturated rings. The van der Waals surface area contributed by atoms with Crippen molar-refractivity contribution in [1.29, 1.82) is 5.26 Å². The van der Waals surface area contributed by atoms with Gasteiger partial charge in [0.2, 0.25) is 0 Å². The van der Waals surface area contributed by atoms with E-state index in [-0.39, 0.29) is 23.4 Å². The van der Waals surface area contributed by atoms with Crippen LogP contribution in [0.25, 0.3) is 6.08 Å². The second-order valence-electron chi connectivity index (χ2n) is 5.33. The third kappa shape index (κ3) is 5.72. The number of carbonyl (C=O) groups is 3. The Kier molecular flexibility index (Phi) is 6.28. The summed E-state index contributed by atoms with van der Waals surface area (Å²) in [4.78, 5) is 33.9. The van der Waals surface area contributed by atoms with Crippen molar-refractivity contribution in [1.82, 2.24) is 0 Å². The number of nitrogens with zero attached hydrogens (tertiary/aromatic N) is 1. The molecule has 2 aromatic carbocycles. The van der Waals surface area contributed by atoms with E-state index in [0.29, 0.717) is 11.3 Å². The summed E-state index contributed by atoms with van der Waals surface area (Å²) in [5.41, 5.74) is 5.66. The average Bonchev–Trinajstić information content (AvgIpc) is 2.65. The Morgan fingerprint density at radius 2 is 1.89 bits per heavy atom. The number of rotatable bonds is 7. The lowest BCUT2D eigenvalue weighted by Crippen LogP contribution is -2.19. The number of anilines is 1. The average molecular weight is 365 g/mol. The quantitative estimate of drug-likeness (QED) is 0.504. The number of carboxylic acid groups (broad SMARTS) is 1. The van der Waals surface area contributed by atoms with E-state index in [1.54, 1.807) is 30.3 Å². The Balaban J connectivity index is 2.12. The second-order valence-corrected chi connectivity index (χ2v) is 5.33. The van der Waals surface area contributed by atoms with Gasteiger partial charge in [0.05, 0.1) is 5.56 Å². The van der Waals surface area contributed by atoms with Gasteiger partial charge in [0.25, 0.3) is 11.8 Å². The van der Waals surface area contributed by atoms with Crippen LogP contribution in [0.3, 0.4) is 0 Å². The summed E-state index contributed by atoms with van der Waals surface area (Å²) >= 11 is 0. The maximum absolute atomic E-state index is 12.2. The van der Waals surface area contributed by atoms with Gasteiger partial charge in [-0.25, -0.2) is 4.79 Å². The van der Waals surface area contributed by atoms with E-state index in [1.807, 2.05) is 0 Å². The van der Waals surface area contributed by atoms with Crippen LogP contribution in [0.2, 0.25) is 0 Å². The van der Waals surface area contributed by atoms with Crippen LogP contribution in [0.15, 0.2) is 54.1 Å². The molecule has 0 aliphatic carbocycles. The van der Waals surface area contributed by atoms with Crippen LogP contribution in [0.1, 0.15) is 15.9 Å². The third-order valence-corrected chi connectivity index (χ3v) is 3.30. The predicted molar refractivity (Wildman–Crippen MR) is 96.8 cm³/mol. The monoisotopic (exact) mass is 365 g/mol. The number of nitrogens with one attached hydrogen (secondary N) is 1. The molecule has 2 aromatic rings. The highest BCUT2D eigenvalue weighted by molar-refractivity contribution is 6.10. The minimum atomic E-state index is -1.12. The molecule has 0 radical (unpaired) electrons. The minimum absolute atomic E-state index is 0.0156. The summed E-state index contributed by atoms with van der Waals surface area (Å²) in [6, 6.07) is 13.8. The first-order valence-electron chi connectivity index (χ1n) is 7.66. The van der Waals surface area contributed by atoms with E-state index in [4.69, 9.17) is 15.6 Å². The maximum Gasteiger partial charge on any atom is 0.335 e. The molecule has 0 spiro atoms. The van der Waals surface area contributed by atoms with E-state index >= 15 is 0 Å². The number of benzene rings is 2. The van der Waals surface area contributed by atoms with Gasteiger partial charge in [0.1, 0.15) is 17.4 Å². The summed E-state index contributed by atoms with van der Waals surface area (Å²) in [6.45, 7) is -0.254. The van der Waals surface area contributed by atoms with Gasteiger partial charge in [-0.15, -0.1) is 0 Å². The molecule has 27 heavy (non-hydrogen) atoms. The van der Waals surface area contributed by atoms with Crippen molar-refractivity contribution >= 4 is 29.5 Å². The first kappa shape index (κ1) is 19.2. The number of primary amides is 1. The van der Waals surface area contributed by atoms with Crippen molar-refractivity contribution in [3.8, 4) is 11.8 Å². The molecule has 0 atom stereocenters. The van der Waals surface area contributed by atoms with Crippen LogP contribution >= 0.6 is 0 Å².